The summed E-state index contributed by atoms with van der Waals surface area (Å²) in [5, 5.41) is 2.86. The van der Waals surface area contributed by atoms with Crippen molar-refractivity contribution < 1.29 is 23.8 Å². The van der Waals surface area contributed by atoms with Crippen molar-refractivity contribution >= 4 is 17.7 Å². The normalized spacial score (nSPS) is 15.0. The molecule has 9 nitrogen and oxygen atoms in total. The Morgan fingerprint density at radius 3 is 2.69 bits per heavy atom. The standard InChI is InChI=1S/C23H24N4O5/c1-30-14-8-9-19(31-2)16(12-14)21-20-18(24-13-25-20)10-11-27(21)23(29)26-17-7-5-4-6-15(17)22(28)32-3/h4-9,12-13,21H,10-11H2,1-3H3,(H,24,25)(H,26,29)/t21-/m1/s1. The number of H-pyrrole nitrogens is 1. The van der Waals surface area contributed by atoms with Crippen molar-refractivity contribution in [2.24, 2.45) is 0 Å². The van der Waals surface area contributed by atoms with Crippen LogP contribution in [0, 0.1) is 0 Å². The minimum Gasteiger partial charge on any atom is -0.497 e. The maximum Gasteiger partial charge on any atom is 0.339 e. The van der Waals surface area contributed by atoms with Gasteiger partial charge in [0, 0.05) is 24.2 Å². The van der Waals surface area contributed by atoms with Gasteiger partial charge in [0.05, 0.1) is 44.6 Å². The van der Waals surface area contributed by atoms with Crippen molar-refractivity contribution in [1.82, 2.24) is 14.9 Å². The second-order valence-corrected chi connectivity index (χ2v) is 7.19. The van der Waals surface area contributed by atoms with Gasteiger partial charge in [0.2, 0.25) is 0 Å². The zero-order valence-electron chi connectivity index (χ0n) is 18.0. The van der Waals surface area contributed by atoms with Crippen LogP contribution in [0.25, 0.3) is 0 Å². The molecule has 1 aliphatic heterocycles. The number of nitrogens with one attached hydrogen (secondary N) is 2. The topological polar surface area (TPSA) is 106 Å². The fourth-order valence-corrected chi connectivity index (χ4v) is 3.93. The smallest absolute Gasteiger partial charge is 0.339 e. The summed E-state index contributed by atoms with van der Waals surface area (Å²) in [4.78, 5) is 34.9. The SMILES string of the molecule is COC(=O)c1ccccc1NC(=O)N1CCc2[nH]cnc2[C@H]1c1cc(OC)ccc1OC. The maximum absolute atomic E-state index is 13.5. The molecule has 0 radical (unpaired) electrons. The number of ether oxygens (including phenoxy) is 3. The zero-order chi connectivity index (χ0) is 22.7. The number of nitrogens with zero attached hydrogens (tertiary/aromatic N) is 2. The summed E-state index contributed by atoms with van der Waals surface area (Å²) < 4.78 is 15.8. The average Bonchev–Trinajstić information content (AvgIpc) is 3.31. The molecular formula is C23H24N4O5. The third kappa shape index (κ3) is 3.84. The van der Waals surface area contributed by atoms with E-state index in [4.69, 9.17) is 14.2 Å². The number of hydrogen-bond donors (Lipinski definition) is 2. The van der Waals surface area contributed by atoms with Gasteiger partial charge in [0.15, 0.2) is 0 Å². The second-order valence-electron chi connectivity index (χ2n) is 7.19. The summed E-state index contributed by atoms with van der Waals surface area (Å²) in [5.41, 5.74) is 3.08. The second kappa shape index (κ2) is 9.01. The Balaban J connectivity index is 1.74. The number of carbonyl (C=O) groups is 2. The van der Waals surface area contributed by atoms with Gasteiger partial charge in [-0.3, -0.25) is 0 Å². The third-order valence-corrected chi connectivity index (χ3v) is 5.49. The number of carbonyl (C=O) groups excluding carboxylic acids is 2. The first-order valence-electron chi connectivity index (χ1n) is 10.1. The molecule has 1 atom stereocenters. The zero-order valence-corrected chi connectivity index (χ0v) is 18.0. The lowest BCUT2D eigenvalue weighted by Crippen LogP contribution is -2.43. The van der Waals surface area contributed by atoms with Crippen LogP contribution < -0.4 is 14.8 Å². The number of benzene rings is 2. The van der Waals surface area contributed by atoms with E-state index >= 15 is 0 Å². The Labute approximate surface area is 185 Å². The number of anilines is 1. The number of methoxy groups -OCH3 is 3. The molecule has 0 unspecified atom stereocenters. The van der Waals surface area contributed by atoms with Gasteiger partial charge >= 0.3 is 12.0 Å². The lowest BCUT2D eigenvalue weighted by molar-refractivity contribution is 0.0602. The number of rotatable bonds is 5. The van der Waals surface area contributed by atoms with Gasteiger partial charge in [-0.2, -0.15) is 0 Å². The van der Waals surface area contributed by atoms with Crippen molar-refractivity contribution in [2.75, 3.05) is 33.2 Å². The molecule has 0 spiro atoms. The number of imidazole rings is 1. The van der Waals surface area contributed by atoms with E-state index in [1.54, 1.807) is 61.8 Å². The Kier molecular flexibility index (Phi) is 5.98. The van der Waals surface area contributed by atoms with Crippen LogP contribution in [-0.4, -0.2) is 54.7 Å². The van der Waals surface area contributed by atoms with Gasteiger partial charge < -0.3 is 29.4 Å². The van der Waals surface area contributed by atoms with Crippen LogP contribution in [0.4, 0.5) is 10.5 Å². The predicted molar refractivity (Wildman–Crippen MR) is 117 cm³/mol. The van der Waals surface area contributed by atoms with Crippen molar-refractivity contribution in [3.8, 4) is 11.5 Å². The fourth-order valence-electron chi connectivity index (χ4n) is 3.93. The summed E-state index contributed by atoms with van der Waals surface area (Å²) in [5.74, 6) is 0.722. The van der Waals surface area contributed by atoms with Crippen LogP contribution in [0.5, 0.6) is 11.5 Å². The van der Waals surface area contributed by atoms with E-state index < -0.39 is 12.0 Å². The van der Waals surface area contributed by atoms with Crippen molar-refractivity contribution in [3.05, 3.63) is 71.3 Å². The molecule has 32 heavy (non-hydrogen) atoms. The number of amides is 2. The molecule has 9 heteroatoms. The predicted octanol–water partition coefficient (Wildman–Crippen LogP) is 3.39. The Hall–Kier alpha value is -4.01. The van der Waals surface area contributed by atoms with Gasteiger partial charge in [0.25, 0.3) is 0 Å². The molecule has 3 aromatic rings. The first-order valence-corrected chi connectivity index (χ1v) is 10.1. The first-order chi connectivity index (χ1) is 15.6. The molecule has 2 aromatic carbocycles. The number of esters is 1. The van der Waals surface area contributed by atoms with Crippen molar-refractivity contribution in [2.45, 2.75) is 12.5 Å². The minimum absolute atomic E-state index is 0.274. The number of urea groups is 1. The highest BCUT2D eigenvalue weighted by molar-refractivity contribution is 6.01. The number of fused-ring (bicyclic) bond motifs is 1. The van der Waals surface area contributed by atoms with Crippen LogP contribution in [0.3, 0.4) is 0 Å². The fraction of sp³-hybridized carbons (Fsp3) is 0.261. The summed E-state index contributed by atoms with van der Waals surface area (Å²) in [6, 6.07) is 11.3. The molecule has 0 saturated heterocycles. The number of aromatic nitrogens is 2. The van der Waals surface area contributed by atoms with Gasteiger partial charge in [-0.05, 0) is 30.3 Å². The van der Waals surface area contributed by atoms with Gasteiger partial charge in [-0.15, -0.1) is 0 Å². The molecule has 4 rings (SSSR count). The average molecular weight is 436 g/mol. The minimum atomic E-state index is -0.528. The lowest BCUT2D eigenvalue weighted by atomic mass is 9.95. The van der Waals surface area contributed by atoms with E-state index in [0.717, 1.165) is 17.0 Å². The van der Waals surface area contributed by atoms with Gasteiger partial charge in [0.1, 0.15) is 17.5 Å². The summed E-state index contributed by atoms with van der Waals surface area (Å²) >= 11 is 0. The van der Waals surface area contributed by atoms with E-state index in [1.807, 2.05) is 6.07 Å². The van der Waals surface area contributed by atoms with Crippen LogP contribution in [-0.2, 0) is 11.2 Å². The maximum atomic E-state index is 13.5. The largest absolute Gasteiger partial charge is 0.497 e. The molecule has 0 fully saturated rings. The Morgan fingerprint density at radius 2 is 1.94 bits per heavy atom. The molecule has 2 N–H and O–H groups in total. The van der Waals surface area contributed by atoms with E-state index in [2.05, 4.69) is 15.3 Å². The summed E-state index contributed by atoms with van der Waals surface area (Å²) in [7, 11) is 4.47. The first kappa shape index (κ1) is 21.2. The third-order valence-electron chi connectivity index (χ3n) is 5.49. The van der Waals surface area contributed by atoms with Crippen LogP contribution in [0.15, 0.2) is 48.8 Å². The summed E-state index contributed by atoms with van der Waals surface area (Å²) in [6.45, 7) is 0.437. The molecule has 2 heterocycles. The van der Waals surface area contributed by atoms with E-state index in [-0.39, 0.29) is 11.6 Å². The highest BCUT2D eigenvalue weighted by Crippen LogP contribution is 2.40. The monoisotopic (exact) mass is 436 g/mol. The Bertz CT molecular complexity index is 1140. The number of hydrogen-bond acceptors (Lipinski definition) is 6. The molecular weight excluding hydrogens is 412 g/mol. The van der Waals surface area contributed by atoms with E-state index in [9.17, 15) is 9.59 Å². The van der Waals surface area contributed by atoms with E-state index in [0.29, 0.717) is 30.2 Å². The van der Waals surface area contributed by atoms with Crippen LogP contribution in [0.1, 0.15) is 33.4 Å². The van der Waals surface area contributed by atoms with Crippen LogP contribution >= 0.6 is 0 Å². The Morgan fingerprint density at radius 1 is 1.12 bits per heavy atom. The molecule has 166 valence electrons. The molecule has 1 aliphatic rings. The van der Waals surface area contributed by atoms with E-state index in [1.165, 1.54) is 7.11 Å². The lowest BCUT2D eigenvalue weighted by Gasteiger charge is -2.36. The van der Waals surface area contributed by atoms with Gasteiger partial charge in [-0.1, -0.05) is 12.1 Å². The number of aromatic amines is 1. The summed E-state index contributed by atoms with van der Waals surface area (Å²) in [6.07, 6.45) is 2.24. The van der Waals surface area contributed by atoms with Crippen molar-refractivity contribution in [3.63, 3.8) is 0 Å². The van der Waals surface area contributed by atoms with Gasteiger partial charge in [-0.25, -0.2) is 14.6 Å². The van der Waals surface area contributed by atoms with Crippen LogP contribution in [0.2, 0.25) is 0 Å². The molecule has 0 saturated carbocycles. The highest BCUT2D eigenvalue weighted by Gasteiger charge is 2.36. The highest BCUT2D eigenvalue weighted by atomic mass is 16.5. The van der Waals surface area contributed by atoms with Crippen molar-refractivity contribution in [1.29, 1.82) is 0 Å². The molecule has 2 amide bonds. The quantitative estimate of drug-likeness (QED) is 0.594. The number of para-hydroxylation sites is 1. The molecule has 1 aromatic heterocycles. The molecule has 0 aliphatic carbocycles. The molecule has 0 bridgehead atoms.